The SMILES string of the molecule is O=C(NCC(c1cccs1)N1CCCC1)Nc1ccc(Cl)cc1. The van der Waals surface area contributed by atoms with Crippen molar-refractivity contribution in [1.29, 1.82) is 0 Å². The zero-order valence-electron chi connectivity index (χ0n) is 12.8. The van der Waals surface area contributed by atoms with Gasteiger partial charge >= 0.3 is 6.03 Å². The topological polar surface area (TPSA) is 44.4 Å². The van der Waals surface area contributed by atoms with E-state index in [1.165, 1.54) is 17.7 Å². The number of hydrogen-bond donors (Lipinski definition) is 2. The molecule has 0 aliphatic carbocycles. The standard InChI is InChI=1S/C17H20ClN3OS/c18-13-5-7-14(8-6-13)20-17(22)19-12-15(16-4-3-11-23-16)21-9-1-2-10-21/h3-8,11,15H,1-2,9-10,12H2,(H2,19,20,22). The fourth-order valence-electron chi connectivity index (χ4n) is 2.84. The van der Waals surface area contributed by atoms with Crippen LogP contribution in [-0.2, 0) is 0 Å². The first kappa shape index (κ1) is 16.3. The summed E-state index contributed by atoms with van der Waals surface area (Å²) in [7, 11) is 0. The maximum absolute atomic E-state index is 12.1. The van der Waals surface area contributed by atoms with Gasteiger partial charge < -0.3 is 10.6 Å². The number of halogens is 1. The first-order chi connectivity index (χ1) is 11.2. The number of thiophene rings is 1. The molecule has 1 fully saturated rings. The number of urea groups is 1. The molecule has 0 spiro atoms. The molecule has 0 bridgehead atoms. The Labute approximate surface area is 145 Å². The number of hydrogen-bond acceptors (Lipinski definition) is 3. The van der Waals surface area contributed by atoms with Gasteiger partial charge in [0.1, 0.15) is 0 Å². The molecule has 2 aromatic rings. The van der Waals surface area contributed by atoms with E-state index in [2.05, 4.69) is 33.0 Å². The zero-order chi connectivity index (χ0) is 16.1. The highest BCUT2D eigenvalue weighted by Gasteiger charge is 2.24. The lowest BCUT2D eigenvalue weighted by molar-refractivity contribution is 0.229. The third-order valence-corrected chi connectivity index (χ3v) is 5.24. The van der Waals surface area contributed by atoms with Crippen LogP contribution >= 0.6 is 22.9 Å². The van der Waals surface area contributed by atoms with Crippen molar-refractivity contribution in [1.82, 2.24) is 10.2 Å². The Morgan fingerprint density at radius 3 is 2.61 bits per heavy atom. The molecule has 1 aliphatic heterocycles. The van der Waals surface area contributed by atoms with Gasteiger partial charge in [0.15, 0.2) is 0 Å². The van der Waals surface area contributed by atoms with Crippen molar-refractivity contribution in [3.05, 3.63) is 51.7 Å². The fourth-order valence-corrected chi connectivity index (χ4v) is 3.83. The first-order valence-electron chi connectivity index (χ1n) is 7.80. The van der Waals surface area contributed by atoms with Crippen molar-refractivity contribution in [3.8, 4) is 0 Å². The number of anilines is 1. The van der Waals surface area contributed by atoms with Crippen molar-refractivity contribution in [2.24, 2.45) is 0 Å². The van der Waals surface area contributed by atoms with E-state index in [-0.39, 0.29) is 12.1 Å². The summed E-state index contributed by atoms with van der Waals surface area (Å²) < 4.78 is 0. The van der Waals surface area contributed by atoms with Gasteiger partial charge in [0.05, 0.1) is 6.04 Å². The monoisotopic (exact) mass is 349 g/mol. The highest BCUT2D eigenvalue weighted by molar-refractivity contribution is 7.10. The van der Waals surface area contributed by atoms with Crippen LogP contribution in [0.3, 0.4) is 0 Å². The van der Waals surface area contributed by atoms with Crippen LogP contribution in [0.4, 0.5) is 10.5 Å². The van der Waals surface area contributed by atoms with Gasteiger partial charge in [0.25, 0.3) is 0 Å². The van der Waals surface area contributed by atoms with Gasteiger partial charge in [-0.2, -0.15) is 0 Å². The van der Waals surface area contributed by atoms with E-state index < -0.39 is 0 Å². The lowest BCUT2D eigenvalue weighted by Crippen LogP contribution is -2.38. The number of amides is 2. The summed E-state index contributed by atoms with van der Waals surface area (Å²) in [5.41, 5.74) is 0.737. The molecule has 0 radical (unpaired) electrons. The van der Waals surface area contributed by atoms with E-state index in [9.17, 15) is 4.79 Å². The second-order valence-electron chi connectivity index (χ2n) is 5.62. The van der Waals surface area contributed by atoms with Crippen LogP contribution < -0.4 is 10.6 Å². The summed E-state index contributed by atoms with van der Waals surface area (Å²) in [4.78, 5) is 15.9. The van der Waals surface area contributed by atoms with Crippen molar-refractivity contribution in [3.63, 3.8) is 0 Å². The van der Waals surface area contributed by atoms with Gasteiger partial charge in [-0.05, 0) is 61.6 Å². The van der Waals surface area contributed by atoms with Crippen molar-refractivity contribution in [2.45, 2.75) is 18.9 Å². The van der Waals surface area contributed by atoms with Crippen LogP contribution in [0.5, 0.6) is 0 Å². The number of nitrogens with zero attached hydrogens (tertiary/aromatic N) is 1. The summed E-state index contributed by atoms with van der Waals surface area (Å²) in [6.07, 6.45) is 2.47. The number of carbonyl (C=O) groups excluding carboxylic acids is 1. The van der Waals surface area contributed by atoms with Crippen molar-refractivity contribution in [2.75, 3.05) is 25.0 Å². The summed E-state index contributed by atoms with van der Waals surface area (Å²) in [6, 6.07) is 11.4. The molecule has 122 valence electrons. The Hall–Kier alpha value is -1.56. The molecular weight excluding hydrogens is 330 g/mol. The average molecular weight is 350 g/mol. The predicted octanol–water partition coefficient (Wildman–Crippen LogP) is 4.36. The van der Waals surface area contributed by atoms with Gasteiger partial charge in [0, 0.05) is 22.1 Å². The summed E-state index contributed by atoms with van der Waals surface area (Å²) in [5.74, 6) is 0. The van der Waals surface area contributed by atoms with Gasteiger partial charge in [-0.1, -0.05) is 17.7 Å². The number of carbonyl (C=O) groups is 1. The van der Waals surface area contributed by atoms with E-state index >= 15 is 0 Å². The van der Waals surface area contributed by atoms with Crippen LogP contribution in [0.15, 0.2) is 41.8 Å². The van der Waals surface area contributed by atoms with Gasteiger partial charge in [0.2, 0.25) is 0 Å². The van der Waals surface area contributed by atoms with E-state index in [0.29, 0.717) is 11.6 Å². The molecule has 1 unspecified atom stereocenters. The normalized spacial score (nSPS) is 16.2. The third kappa shape index (κ3) is 4.47. The summed E-state index contributed by atoms with van der Waals surface area (Å²) >= 11 is 7.60. The Morgan fingerprint density at radius 1 is 1.22 bits per heavy atom. The van der Waals surface area contributed by atoms with Crippen molar-refractivity contribution < 1.29 is 4.79 Å². The first-order valence-corrected chi connectivity index (χ1v) is 9.06. The highest BCUT2D eigenvalue weighted by atomic mass is 35.5. The van der Waals surface area contributed by atoms with E-state index in [4.69, 9.17) is 11.6 Å². The highest BCUT2D eigenvalue weighted by Crippen LogP contribution is 2.27. The fraction of sp³-hybridized carbons (Fsp3) is 0.353. The van der Waals surface area contributed by atoms with Crippen LogP contribution in [0.25, 0.3) is 0 Å². The number of benzene rings is 1. The third-order valence-electron chi connectivity index (χ3n) is 4.01. The number of nitrogens with one attached hydrogen (secondary N) is 2. The smallest absolute Gasteiger partial charge is 0.319 e. The minimum Gasteiger partial charge on any atom is -0.336 e. The van der Waals surface area contributed by atoms with E-state index in [1.807, 2.05) is 0 Å². The molecule has 2 amide bonds. The van der Waals surface area contributed by atoms with E-state index in [1.54, 1.807) is 35.6 Å². The molecule has 2 N–H and O–H groups in total. The molecule has 6 heteroatoms. The molecule has 1 aromatic carbocycles. The number of rotatable bonds is 5. The molecule has 3 rings (SSSR count). The van der Waals surface area contributed by atoms with Crippen LogP contribution in [0.1, 0.15) is 23.8 Å². The molecule has 0 saturated carbocycles. The molecule has 1 atom stereocenters. The Balaban J connectivity index is 1.57. The van der Waals surface area contributed by atoms with Crippen LogP contribution in [0, 0.1) is 0 Å². The molecule has 1 saturated heterocycles. The number of likely N-dealkylation sites (tertiary alicyclic amines) is 1. The summed E-state index contributed by atoms with van der Waals surface area (Å²) in [5, 5.41) is 8.57. The Kier molecular flexibility index (Phi) is 5.54. The largest absolute Gasteiger partial charge is 0.336 e. The second kappa shape index (κ2) is 7.81. The lowest BCUT2D eigenvalue weighted by atomic mass is 10.2. The van der Waals surface area contributed by atoms with Crippen LogP contribution in [-0.4, -0.2) is 30.6 Å². The molecular formula is C17H20ClN3OS. The van der Waals surface area contributed by atoms with Gasteiger partial charge in [-0.15, -0.1) is 11.3 Å². The quantitative estimate of drug-likeness (QED) is 0.842. The van der Waals surface area contributed by atoms with Crippen molar-refractivity contribution >= 4 is 34.7 Å². The van der Waals surface area contributed by atoms with E-state index in [0.717, 1.165) is 18.8 Å². The zero-order valence-corrected chi connectivity index (χ0v) is 14.4. The average Bonchev–Trinajstić information content (AvgIpc) is 3.24. The molecule has 2 heterocycles. The minimum atomic E-state index is -0.187. The maximum atomic E-state index is 12.1. The minimum absolute atomic E-state index is 0.187. The second-order valence-corrected chi connectivity index (χ2v) is 7.03. The predicted molar refractivity (Wildman–Crippen MR) is 96.3 cm³/mol. The molecule has 23 heavy (non-hydrogen) atoms. The molecule has 1 aromatic heterocycles. The summed E-state index contributed by atoms with van der Waals surface area (Å²) in [6.45, 7) is 2.81. The maximum Gasteiger partial charge on any atom is 0.319 e. The molecule has 1 aliphatic rings. The Bertz CT molecular complexity index is 624. The molecule has 4 nitrogen and oxygen atoms in total. The Morgan fingerprint density at radius 2 is 1.96 bits per heavy atom. The van der Waals surface area contributed by atoms with Gasteiger partial charge in [-0.25, -0.2) is 4.79 Å². The lowest BCUT2D eigenvalue weighted by Gasteiger charge is -2.26. The van der Waals surface area contributed by atoms with Crippen LogP contribution in [0.2, 0.25) is 5.02 Å². The van der Waals surface area contributed by atoms with Gasteiger partial charge in [-0.3, -0.25) is 4.90 Å².